The van der Waals surface area contributed by atoms with E-state index in [1.807, 2.05) is 0 Å². The summed E-state index contributed by atoms with van der Waals surface area (Å²) < 4.78 is 30.6. The highest BCUT2D eigenvalue weighted by atomic mass is 19.1. The Bertz CT molecular complexity index is 430. The van der Waals surface area contributed by atoms with Gasteiger partial charge in [0.25, 0.3) is 5.91 Å². The second-order valence-electron chi connectivity index (χ2n) is 4.45. The third-order valence-corrected chi connectivity index (χ3v) is 1.97. The normalized spacial score (nSPS) is 11.2. The molecular weight excluding hydrogens is 244 g/mol. The molecule has 0 radical (unpaired) electrons. The van der Waals surface area contributed by atoms with E-state index in [1.54, 1.807) is 0 Å². The number of nitrogens with one attached hydrogen (secondary N) is 1. The molecule has 0 aliphatic carbocycles. The van der Waals surface area contributed by atoms with Gasteiger partial charge in [-0.1, -0.05) is 0 Å². The van der Waals surface area contributed by atoms with E-state index in [9.17, 15) is 18.7 Å². The molecule has 1 aromatic carbocycles. The van der Waals surface area contributed by atoms with Gasteiger partial charge in [0.1, 0.15) is 5.82 Å². The van der Waals surface area contributed by atoms with E-state index in [1.165, 1.54) is 13.8 Å². The number of aliphatic hydroxyl groups is 1. The lowest BCUT2D eigenvalue weighted by Crippen LogP contribution is -2.40. The van der Waals surface area contributed by atoms with E-state index < -0.39 is 29.7 Å². The predicted molar refractivity (Wildman–Crippen MR) is 61.2 cm³/mol. The van der Waals surface area contributed by atoms with E-state index in [0.29, 0.717) is 6.07 Å². The van der Waals surface area contributed by atoms with Crippen LogP contribution in [0.4, 0.5) is 8.78 Å². The second kappa shape index (κ2) is 5.77. The number of hydrogen-bond donors (Lipinski definition) is 2. The van der Waals surface area contributed by atoms with Crippen molar-refractivity contribution in [2.75, 3.05) is 13.2 Å². The van der Waals surface area contributed by atoms with Crippen molar-refractivity contribution >= 4 is 5.91 Å². The van der Waals surface area contributed by atoms with E-state index in [0.717, 1.165) is 12.1 Å². The Labute approximate surface area is 104 Å². The third-order valence-electron chi connectivity index (χ3n) is 1.97. The van der Waals surface area contributed by atoms with Crippen LogP contribution in [-0.4, -0.2) is 29.8 Å². The minimum Gasteiger partial charge on any atom is -0.481 e. The topological polar surface area (TPSA) is 58.6 Å². The van der Waals surface area contributed by atoms with Crippen molar-refractivity contribution in [2.24, 2.45) is 0 Å². The summed E-state index contributed by atoms with van der Waals surface area (Å²) in [5, 5.41) is 11.8. The van der Waals surface area contributed by atoms with Crippen LogP contribution in [0.1, 0.15) is 13.8 Å². The zero-order chi connectivity index (χ0) is 13.8. The first kappa shape index (κ1) is 14.4. The van der Waals surface area contributed by atoms with Crippen molar-refractivity contribution < 1.29 is 23.4 Å². The highest BCUT2D eigenvalue weighted by Crippen LogP contribution is 2.17. The van der Waals surface area contributed by atoms with Gasteiger partial charge >= 0.3 is 0 Å². The third kappa shape index (κ3) is 5.09. The molecule has 2 N–H and O–H groups in total. The average molecular weight is 259 g/mol. The average Bonchev–Trinajstić information content (AvgIpc) is 2.24. The van der Waals surface area contributed by atoms with Gasteiger partial charge in [-0.15, -0.1) is 0 Å². The SMILES string of the molecule is CC(C)(O)CNC(=O)COc1ccc(F)cc1F. The van der Waals surface area contributed by atoms with Gasteiger partial charge in [-0.2, -0.15) is 0 Å². The summed E-state index contributed by atoms with van der Waals surface area (Å²) >= 11 is 0. The van der Waals surface area contributed by atoms with Gasteiger partial charge in [-0.25, -0.2) is 8.78 Å². The molecule has 1 amide bonds. The summed E-state index contributed by atoms with van der Waals surface area (Å²) in [6.07, 6.45) is 0. The molecule has 4 nitrogen and oxygen atoms in total. The molecule has 0 spiro atoms. The monoisotopic (exact) mass is 259 g/mol. The van der Waals surface area contributed by atoms with Gasteiger partial charge in [0, 0.05) is 12.6 Å². The molecule has 0 saturated carbocycles. The number of halogens is 2. The predicted octanol–water partition coefficient (Wildman–Crippen LogP) is 1.23. The Morgan fingerprint density at radius 3 is 2.67 bits per heavy atom. The fourth-order valence-electron chi connectivity index (χ4n) is 1.10. The van der Waals surface area contributed by atoms with Crippen LogP contribution in [0.25, 0.3) is 0 Å². The van der Waals surface area contributed by atoms with Crippen molar-refractivity contribution in [1.29, 1.82) is 0 Å². The smallest absolute Gasteiger partial charge is 0.258 e. The quantitative estimate of drug-likeness (QED) is 0.836. The number of carbonyl (C=O) groups is 1. The number of ether oxygens (including phenoxy) is 1. The minimum absolute atomic E-state index is 0.0566. The Morgan fingerprint density at radius 2 is 2.11 bits per heavy atom. The number of rotatable bonds is 5. The summed E-state index contributed by atoms with van der Waals surface area (Å²) in [6.45, 7) is 2.72. The van der Waals surface area contributed by atoms with Crippen LogP contribution in [0.3, 0.4) is 0 Å². The van der Waals surface area contributed by atoms with E-state index in [2.05, 4.69) is 5.32 Å². The molecule has 0 heterocycles. The fraction of sp³-hybridized carbons (Fsp3) is 0.417. The highest BCUT2D eigenvalue weighted by Gasteiger charge is 2.14. The first-order valence-corrected chi connectivity index (χ1v) is 5.35. The molecule has 0 saturated heterocycles. The number of benzene rings is 1. The lowest BCUT2D eigenvalue weighted by Gasteiger charge is -2.17. The standard InChI is InChI=1S/C12H15F2NO3/c1-12(2,17)7-15-11(16)6-18-10-4-3-8(13)5-9(10)14/h3-5,17H,6-7H2,1-2H3,(H,15,16). The molecule has 18 heavy (non-hydrogen) atoms. The maximum absolute atomic E-state index is 13.1. The second-order valence-corrected chi connectivity index (χ2v) is 4.45. The van der Waals surface area contributed by atoms with E-state index in [4.69, 9.17) is 4.74 Å². The zero-order valence-electron chi connectivity index (χ0n) is 10.2. The first-order chi connectivity index (χ1) is 8.28. The first-order valence-electron chi connectivity index (χ1n) is 5.35. The molecule has 0 aromatic heterocycles. The molecule has 1 aromatic rings. The summed E-state index contributed by atoms with van der Waals surface area (Å²) in [5.41, 5.74) is -1.03. The van der Waals surface area contributed by atoms with Gasteiger partial charge in [0.2, 0.25) is 0 Å². The summed E-state index contributed by atoms with van der Waals surface area (Å²) in [4.78, 5) is 11.3. The molecule has 0 atom stereocenters. The zero-order valence-corrected chi connectivity index (χ0v) is 10.2. The van der Waals surface area contributed by atoms with Crippen molar-refractivity contribution in [3.8, 4) is 5.75 Å². The molecule has 100 valence electrons. The highest BCUT2D eigenvalue weighted by molar-refractivity contribution is 5.77. The van der Waals surface area contributed by atoms with Crippen LogP contribution in [0.2, 0.25) is 0 Å². The van der Waals surface area contributed by atoms with Crippen molar-refractivity contribution in [3.05, 3.63) is 29.8 Å². The van der Waals surface area contributed by atoms with E-state index >= 15 is 0 Å². The van der Waals surface area contributed by atoms with Crippen molar-refractivity contribution in [2.45, 2.75) is 19.4 Å². The molecule has 0 bridgehead atoms. The van der Waals surface area contributed by atoms with Gasteiger partial charge in [0.05, 0.1) is 5.60 Å². The van der Waals surface area contributed by atoms with Gasteiger partial charge < -0.3 is 15.2 Å². The molecule has 6 heteroatoms. The summed E-state index contributed by atoms with van der Waals surface area (Å²) in [5.74, 6) is -2.28. The Hall–Kier alpha value is -1.69. The Morgan fingerprint density at radius 1 is 1.44 bits per heavy atom. The number of amides is 1. The van der Waals surface area contributed by atoms with Crippen LogP contribution in [0.15, 0.2) is 18.2 Å². The fourth-order valence-corrected chi connectivity index (χ4v) is 1.10. The Kier molecular flexibility index (Phi) is 4.61. The van der Waals surface area contributed by atoms with E-state index in [-0.39, 0.29) is 12.3 Å². The van der Waals surface area contributed by atoms with Crippen LogP contribution in [0.5, 0.6) is 5.75 Å². The summed E-state index contributed by atoms with van der Waals surface area (Å²) in [7, 11) is 0. The van der Waals surface area contributed by atoms with Crippen molar-refractivity contribution in [3.63, 3.8) is 0 Å². The van der Waals surface area contributed by atoms with Gasteiger partial charge in [-0.05, 0) is 26.0 Å². The summed E-state index contributed by atoms with van der Waals surface area (Å²) in [6, 6.07) is 2.81. The Balaban J connectivity index is 2.43. The molecule has 0 unspecified atom stereocenters. The molecule has 1 rings (SSSR count). The van der Waals surface area contributed by atoms with Crippen LogP contribution < -0.4 is 10.1 Å². The van der Waals surface area contributed by atoms with Crippen LogP contribution in [0, 0.1) is 11.6 Å². The van der Waals surface area contributed by atoms with Crippen molar-refractivity contribution in [1.82, 2.24) is 5.32 Å². The largest absolute Gasteiger partial charge is 0.481 e. The van der Waals surface area contributed by atoms with Crippen LogP contribution >= 0.6 is 0 Å². The minimum atomic E-state index is -1.03. The maximum atomic E-state index is 13.1. The molecular formula is C12H15F2NO3. The van der Waals surface area contributed by atoms with Crippen LogP contribution in [-0.2, 0) is 4.79 Å². The number of hydrogen-bond acceptors (Lipinski definition) is 3. The number of carbonyl (C=O) groups excluding carboxylic acids is 1. The molecule has 0 aliphatic heterocycles. The van der Waals surface area contributed by atoms with Gasteiger partial charge in [-0.3, -0.25) is 4.79 Å². The molecule has 0 aliphatic rings. The lowest BCUT2D eigenvalue weighted by atomic mass is 10.1. The maximum Gasteiger partial charge on any atom is 0.258 e. The lowest BCUT2D eigenvalue weighted by molar-refractivity contribution is -0.124. The van der Waals surface area contributed by atoms with Gasteiger partial charge in [0.15, 0.2) is 18.2 Å². The molecule has 0 fully saturated rings.